The van der Waals surface area contributed by atoms with Crippen molar-refractivity contribution in [2.45, 2.75) is 49.4 Å². The first-order chi connectivity index (χ1) is 57.0. The van der Waals surface area contributed by atoms with E-state index in [9.17, 15) is 0 Å². The Morgan fingerprint density at radius 3 is 0.966 bits per heavy atom. The van der Waals surface area contributed by atoms with Gasteiger partial charge in [-0.3, -0.25) is 4.98 Å². The normalized spacial score (nSPS) is 14.1. The fourth-order valence-electron chi connectivity index (χ4n) is 20.0. The molecule has 0 saturated carbocycles. The molecule has 0 amide bonds. The van der Waals surface area contributed by atoms with Crippen LogP contribution in [0.3, 0.4) is 0 Å². The van der Waals surface area contributed by atoms with Crippen molar-refractivity contribution in [1.82, 2.24) is 34.9 Å². The van der Waals surface area contributed by atoms with Crippen molar-refractivity contribution in [3.8, 4) is 146 Å². The number of fused-ring (bicyclic) bond motifs is 18. The molecular formula is C109H75N7. The molecule has 0 bridgehead atoms. The Morgan fingerprint density at radius 2 is 0.483 bits per heavy atom. The van der Waals surface area contributed by atoms with E-state index < -0.39 is 16.2 Å². The van der Waals surface area contributed by atoms with Gasteiger partial charge in [-0.15, -0.1) is 0 Å². The number of rotatable bonds is 11. The van der Waals surface area contributed by atoms with Gasteiger partial charge in [0.25, 0.3) is 0 Å². The van der Waals surface area contributed by atoms with E-state index >= 15 is 0 Å². The molecule has 0 saturated heterocycles. The van der Waals surface area contributed by atoms with Crippen LogP contribution in [0.2, 0.25) is 0 Å². The predicted molar refractivity (Wildman–Crippen MR) is 470 cm³/mol. The monoisotopic (exact) mass is 1480 g/mol. The Kier molecular flexibility index (Phi) is 15.6. The highest BCUT2D eigenvalue weighted by atomic mass is 15.0. The summed E-state index contributed by atoms with van der Waals surface area (Å²) >= 11 is 0. The van der Waals surface area contributed by atoms with Gasteiger partial charge in [0.1, 0.15) is 0 Å². The van der Waals surface area contributed by atoms with Crippen LogP contribution < -0.4 is 0 Å². The Hall–Kier alpha value is -14.5. The van der Waals surface area contributed by atoms with Crippen molar-refractivity contribution >= 4 is 0 Å². The Balaban J connectivity index is 0.615. The van der Waals surface area contributed by atoms with Crippen LogP contribution in [0, 0.1) is 0 Å². The zero-order chi connectivity index (χ0) is 77.4. The van der Waals surface area contributed by atoms with Crippen LogP contribution in [0.15, 0.2) is 382 Å². The summed E-state index contributed by atoms with van der Waals surface area (Å²) in [6.45, 7) is 9.56. The number of aromatic nitrogens is 7. The highest BCUT2D eigenvalue weighted by Gasteiger charge is 2.55. The number of pyridine rings is 1. The van der Waals surface area contributed by atoms with E-state index in [1.807, 2.05) is 42.6 Å². The van der Waals surface area contributed by atoms with Gasteiger partial charge in [-0.05, 0) is 176 Å². The van der Waals surface area contributed by atoms with Gasteiger partial charge in [0.15, 0.2) is 34.9 Å². The maximum Gasteiger partial charge on any atom is 0.164 e. The molecule has 4 aliphatic carbocycles. The Morgan fingerprint density at radius 1 is 0.172 bits per heavy atom. The summed E-state index contributed by atoms with van der Waals surface area (Å²) in [5.41, 5.74) is 34.9. The SMILES string of the molecule is CC1(C)c2ccccc2C2(c3ccccc3-c3ccccc32)c2cc(-c3cccc(-c4nc(-c5ccccc5)nc(-c5cccc(-c6ccc(-c7cccc(-c8nc(-c9cccc(-c%10ccccn%10)c9)nc(-c9ccccc9-c9cccc%10c9C(C)(C)c9ccccc9C%109c%10ccccc%10-c%10ccccc%109)n8)c7)cc6)c5)n4)c3)ccc21. The first-order valence-corrected chi connectivity index (χ1v) is 40.0. The van der Waals surface area contributed by atoms with Gasteiger partial charge in [-0.2, -0.15) is 0 Å². The molecule has 2 spiro atoms. The second-order valence-electron chi connectivity index (χ2n) is 32.2. The van der Waals surface area contributed by atoms with Crippen LogP contribution in [-0.4, -0.2) is 34.9 Å². The Bertz CT molecular complexity index is 6950. The summed E-state index contributed by atoms with van der Waals surface area (Å²) in [4.78, 5) is 37.1. The maximum absolute atomic E-state index is 5.56. The quantitative estimate of drug-likeness (QED) is 0.127. The largest absolute Gasteiger partial charge is 0.256 e. The number of hydrogen-bond donors (Lipinski definition) is 0. The van der Waals surface area contributed by atoms with Gasteiger partial charge in [-0.1, -0.05) is 361 Å². The summed E-state index contributed by atoms with van der Waals surface area (Å²) in [6, 6.07) is 136. The molecule has 0 aliphatic heterocycles. The molecule has 0 fully saturated rings. The molecule has 546 valence electrons. The summed E-state index contributed by atoms with van der Waals surface area (Å²) in [5.74, 6) is 3.48. The lowest BCUT2D eigenvalue weighted by atomic mass is 9.54. The van der Waals surface area contributed by atoms with E-state index in [4.69, 9.17) is 34.9 Å². The van der Waals surface area contributed by atoms with E-state index in [1.165, 1.54) is 89.0 Å². The van der Waals surface area contributed by atoms with Crippen molar-refractivity contribution in [2.75, 3.05) is 0 Å². The van der Waals surface area contributed by atoms with E-state index in [1.54, 1.807) is 0 Å². The van der Waals surface area contributed by atoms with Crippen molar-refractivity contribution in [3.63, 3.8) is 0 Å². The van der Waals surface area contributed by atoms with Crippen molar-refractivity contribution in [2.24, 2.45) is 0 Å². The first-order valence-electron chi connectivity index (χ1n) is 40.0. The molecule has 15 aromatic carbocycles. The standard InChI is InChI=1S/C109H75N7/c1-106(2)91-50-18-20-52-94(91)109(89-48-16-12-42-83(89)84-43-13-17-49-90(84)109)97-67-74(60-61-93(97)106)73-33-26-37-78(65-73)102-112-100(70-29-6-5-7-30-70)111-101(113-102)76-35-24-31-71(63-76)68-56-58-69(59-57-68)72-32-25-36-77(64-72)103-114-104(79-38-27-34-75(66-79)98-55-22-23-62-110-98)116-105(115-103)86-44-9-8-39-80(86)85-45-28-54-96-99(85)107(3,4)92-51-19-21-53-95(92)108(96)87-46-14-10-40-81(87)82-41-11-15-47-88(82)108/h5-67H,1-4H3. The van der Waals surface area contributed by atoms with Crippen molar-refractivity contribution < 1.29 is 0 Å². The molecule has 0 radical (unpaired) electrons. The first kappa shape index (κ1) is 68.3. The van der Waals surface area contributed by atoms with Gasteiger partial charge >= 0.3 is 0 Å². The smallest absolute Gasteiger partial charge is 0.164 e. The average molecular weight is 1480 g/mol. The van der Waals surface area contributed by atoms with Gasteiger partial charge in [0, 0.05) is 56.0 Å². The minimum atomic E-state index is -0.559. The zero-order valence-electron chi connectivity index (χ0n) is 64.5. The van der Waals surface area contributed by atoms with Crippen LogP contribution in [-0.2, 0) is 21.7 Å². The van der Waals surface area contributed by atoms with Crippen molar-refractivity contribution in [1.29, 1.82) is 0 Å². The van der Waals surface area contributed by atoms with E-state index in [0.717, 1.165) is 89.1 Å². The van der Waals surface area contributed by atoms with Crippen LogP contribution in [0.1, 0.15) is 94.5 Å². The molecule has 0 atom stereocenters. The topological polar surface area (TPSA) is 90.2 Å². The molecule has 22 rings (SSSR count). The average Bonchev–Trinajstić information content (AvgIpc) is 1.43. The fourth-order valence-corrected chi connectivity index (χ4v) is 20.0. The van der Waals surface area contributed by atoms with Crippen LogP contribution in [0.25, 0.3) is 146 Å². The second kappa shape index (κ2) is 26.6. The molecule has 18 aromatic rings. The Labute approximate surface area is 675 Å². The molecule has 7 heteroatoms. The summed E-state index contributed by atoms with van der Waals surface area (Å²) in [7, 11) is 0. The maximum atomic E-state index is 5.56. The minimum Gasteiger partial charge on any atom is -0.256 e. The molecule has 3 aromatic heterocycles. The van der Waals surface area contributed by atoms with Crippen molar-refractivity contribution in [3.05, 3.63) is 449 Å². The fraction of sp³-hybridized carbons (Fsp3) is 0.0734. The summed E-state index contributed by atoms with van der Waals surface area (Å²) in [5, 5.41) is 0. The van der Waals surface area contributed by atoms with E-state index in [2.05, 4.69) is 367 Å². The molecule has 3 heterocycles. The predicted octanol–water partition coefficient (Wildman–Crippen LogP) is 25.8. The lowest BCUT2D eigenvalue weighted by Crippen LogP contribution is -2.41. The molecular weight excluding hydrogens is 1410 g/mol. The van der Waals surface area contributed by atoms with Gasteiger partial charge in [-0.25, -0.2) is 29.9 Å². The summed E-state index contributed by atoms with van der Waals surface area (Å²) in [6.07, 6.45) is 1.83. The lowest BCUT2D eigenvalue weighted by Gasteiger charge is -2.47. The number of benzene rings is 15. The molecule has 0 N–H and O–H groups in total. The minimum absolute atomic E-state index is 0.251. The molecule has 4 aliphatic rings. The van der Waals surface area contributed by atoms with E-state index in [-0.39, 0.29) is 5.41 Å². The molecule has 0 unspecified atom stereocenters. The van der Waals surface area contributed by atoms with Crippen LogP contribution in [0.5, 0.6) is 0 Å². The molecule has 7 nitrogen and oxygen atoms in total. The van der Waals surface area contributed by atoms with Gasteiger partial charge in [0.2, 0.25) is 0 Å². The van der Waals surface area contributed by atoms with E-state index in [0.29, 0.717) is 34.9 Å². The number of hydrogen-bond acceptors (Lipinski definition) is 7. The second-order valence-corrected chi connectivity index (χ2v) is 32.2. The zero-order valence-corrected chi connectivity index (χ0v) is 64.5. The highest BCUT2D eigenvalue weighted by molar-refractivity contribution is 5.94. The third-order valence-corrected chi connectivity index (χ3v) is 25.2. The van der Waals surface area contributed by atoms with Crippen LogP contribution >= 0.6 is 0 Å². The molecule has 116 heavy (non-hydrogen) atoms. The van der Waals surface area contributed by atoms with Gasteiger partial charge in [0.05, 0.1) is 16.5 Å². The lowest BCUT2D eigenvalue weighted by molar-refractivity contribution is 0.563. The number of nitrogens with zero attached hydrogens (tertiary/aromatic N) is 7. The summed E-state index contributed by atoms with van der Waals surface area (Å²) < 4.78 is 0. The van der Waals surface area contributed by atoms with Gasteiger partial charge < -0.3 is 0 Å². The highest BCUT2D eigenvalue weighted by Crippen LogP contribution is 2.65. The van der Waals surface area contributed by atoms with Crippen LogP contribution in [0.4, 0.5) is 0 Å². The third kappa shape index (κ3) is 10.5. The third-order valence-electron chi connectivity index (χ3n) is 25.2.